The van der Waals surface area contributed by atoms with Crippen LogP contribution < -0.4 is 5.32 Å². The van der Waals surface area contributed by atoms with E-state index in [4.69, 9.17) is 0 Å². The van der Waals surface area contributed by atoms with Gasteiger partial charge in [-0.25, -0.2) is 12.7 Å². The number of amides is 1. The Morgan fingerprint density at radius 2 is 1.80 bits per heavy atom. The molecule has 1 aliphatic heterocycles. The van der Waals surface area contributed by atoms with Crippen molar-refractivity contribution in [2.45, 2.75) is 59.4 Å². The van der Waals surface area contributed by atoms with Crippen molar-refractivity contribution in [3.05, 3.63) is 0 Å². The Balaban J connectivity index is 2.41. The Kier molecular flexibility index (Phi) is 6.01. The van der Waals surface area contributed by atoms with Gasteiger partial charge < -0.3 is 5.32 Å². The average Bonchev–Trinajstić information content (AvgIpc) is 2.26. The second-order valence-electron chi connectivity index (χ2n) is 6.79. The fraction of sp³-hybridized carbons (Fsp3) is 0.929. The number of carbonyl (C=O) groups is 1. The van der Waals surface area contributed by atoms with Crippen molar-refractivity contribution in [2.75, 3.05) is 18.8 Å². The van der Waals surface area contributed by atoms with Crippen LogP contribution in [0.5, 0.6) is 0 Å². The maximum absolute atomic E-state index is 11.9. The van der Waals surface area contributed by atoms with Crippen molar-refractivity contribution in [3.63, 3.8) is 0 Å². The highest BCUT2D eigenvalue weighted by atomic mass is 32.2. The van der Waals surface area contributed by atoms with Gasteiger partial charge in [0.25, 0.3) is 0 Å². The molecule has 0 aromatic heterocycles. The average molecular weight is 304 g/mol. The first-order chi connectivity index (χ1) is 9.14. The zero-order valence-electron chi connectivity index (χ0n) is 13.1. The summed E-state index contributed by atoms with van der Waals surface area (Å²) in [7, 11) is -3.09. The van der Waals surface area contributed by atoms with Crippen LogP contribution in [0.15, 0.2) is 0 Å². The molecule has 1 fully saturated rings. The molecule has 118 valence electrons. The van der Waals surface area contributed by atoms with Gasteiger partial charge in [-0.1, -0.05) is 27.7 Å². The molecular weight excluding hydrogens is 276 g/mol. The SMILES string of the molecule is CCCS(=O)(=O)N1CCC(NC(=O)CC(C)(C)C)CC1. The minimum atomic E-state index is -3.09. The van der Waals surface area contributed by atoms with Crippen LogP contribution in [0.2, 0.25) is 0 Å². The molecule has 0 spiro atoms. The lowest BCUT2D eigenvalue weighted by Gasteiger charge is -2.32. The third-order valence-electron chi connectivity index (χ3n) is 3.37. The lowest BCUT2D eigenvalue weighted by atomic mass is 9.91. The molecule has 1 saturated heterocycles. The largest absolute Gasteiger partial charge is 0.353 e. The number of carbonyl (C=O) groups excluding carboxylic acids is 1. The Hall–Kier alpha value is -0.620. The quantitative estimate of drug-likeness (QED) is 0.841. The summed E-state index contributed by atoms with van der Waals surface area (Å²) in [5.41, 5.74) is -0.0186. The minimum Gasteiger partial charge on any atom is -0.353 e. The highest BCUT2D eigenvalue weighted by Crippen LogP contribution is 2.19. The molecule has 0 radical (unpaired) electrons. The number of hydrogen-bond donors (Lipinski definition) is 1. The number of rotatable bonds is 5. The molecule has 1 amide bonds. The zero-order chi connectivity index (χ0) is 15.4. The van der Waals surface area contributed by atoms with Gasteiger partial charge in [-0.15, -0.1) is 0 Å². The summed E-state index contributed by atoms with van der Waals surface area (Å²) in [6, 6.07) is 0.109. The summed E-state index contributed by atoms with van der Waals surface area (Å²) in [4.78, 5) is 11.9. The summed E-state index contributed by atoms with van der Waals surface area (Å²) in [6.45, 7) is 9.01. The van der Waals surface area contributed by atoms with Crippen LogP contribution in [-0.2, 0) is 14.8 Å². The standard InChI is InChI=1S/C14H28N2O3S/c1-5-10-20(18,19)16-8-6-12(7-9-16)15-13(17)11-14(2,3)4/h12H,5-11H2,1-4H3,(H,15,17). The summed E-state index contributed by atoms with van der Waals surface area (Å²) in [5.74, 6) is 0.279. The van der Waals surface area contributed by atoms with E-state index in [1.165, 1.54) is 0 Å². The monoisotopic (exact) mass is 304 g/mol. The van der Waals surface area contributed by atoms with E-state index in [0.29, 0.717) is 38.8 Å². The predicted octanol–water partition coefficient (Wildman–Crippen LogP) is 1.74. The van der Waals surface area contributed by atoms with Gasteiger partial charge in [-0.05, 0) is 24.7 Å². The molecule has 0 unspecified atom stereocenters. The van der Waals surface area contributed by atoms with E-state index in [1.807, 2.05) is 27.7 Å². The maximum Gasteiger partial charge on any atom is 0.220 e. The van der Waals surface area contributed by atoms with Crippen molar-refractivity contribution in [3.8, 4) is 0 Å². The van der Waals surface area contributed by atoms with E-state index in [-0.39, 0.29) is 23.1 Å². The van der Waals surface area contributed by atoms with E-state index < -0.39 is 10.0 Å². The third-order valence-corrected chi connectivity index (χ3v) is 5.44. The second-order valence-corrected chi connectivity index (χ2v) is 8.88. The van der Waals surface area contributed by atoms with Gasteiger partial charge in [0.1, 0.15) is 0 Å². The van der Waals surface area contributed by atoms with Gasteiger partial charge in [0.2, 0.25) is 15.9 Å². The molecule has 1 aliphatic rings. The molecule has 1 heterocycles. The predicted molar refractivity (Wildman–Crippen MR) is 80.9 cm³/mol. The molecule has 0 aromatic carbocycles. The summed E-state index contributed by atoms with van der Waals surface area (Å²) >= 11 is 0. The molecule has 1 rings (SSSR count). The topological polar surface area (TPSA) is 66.5 Å². The summed E-state index contributed by atoms with van der Waals surface area (Å²) < 4.78 is 25.4. The van der Waals surface area contributed by atoms with E-state index in [9.17, 15) is 13.2 Å². The third kappa shape index (κ3) is 5.79. The van der Waals surface area contributed by atoms with Gasteiger partial charge in [0, 0.05) is 25.6 Å². The van der Waals surface area contributed by atoms with Crippen molar-refractivity contribution in [2.24, 2.45) is 5.41 Å². The molecule has 0 aromatic rings. The number of piperidine rings is 1. The molecular formula is C14H28N2O3S. The van der Waals surface area contributed by atoms with Gasteiger partial charge in [-0.3, -0.25) is 4.79 Å². The van der Waals surface area contributed by atoms with Gasteiger partial charge >= 0.3 is 0 Å². The van der Waals surface area contributed by atoms with E-state index in [2.05, 4.69) is 5.32 Å². The van der Waals surface area contributed by atoms with Crippen LogP contribution in [0.3, 0.4) is 0 Å². The first kappa shape index (κ1) is 17.4. The van der Waals surface area contributed by atoms with E-state index in [1.54, 1.807) is 4.31 Å². The van der Waals surface area contributed by atoms with Crippen LogP contribution in [0, 0.1) is 5.41 Å². The molecule has 0 saturated carbocycles. The second kappa shape index (κ2) is 6.89. The van der Waals surface area contributed by atoms with Crippen LogP contribution in [0.25, 0.3) is 0 Å². The lowest BCUT2D eigenvalue weighted by molar-refractivity contribution is -0.123. The fourth-order valence-corrected chi connectivity index (χ4v) is 3.97. The Morgan fingerprint density at radius 1 is 1.25 bits per heavy atom. The number of nitrogens with one attached hydrogen (secondary N) is 1. The van der Waals surface area contributed by atoms with Crippen molar-refractivity contribution in [1.29, 1.82) is 0 Å². The molecule has 0 atom stereocenters. The molecule has 0 aliphatic carbocycles. The maximum atomic E-state index is 11.9. The zero-order valence-corrected chi connectivity index (χ0v) is 13.9. The number of hydrogen-bond acceptors (Lipinski definition) is 3. The van der Waals surface area contributed by atoms with Crippen LogP contribution in [-0.4, -0.2) is 43.5 Å². The molecule has 1 N–H and O–H groups in total. The minimum absolute atomic E-state index is 0.0186. The van der Waals surface area contributed by atoms with Gasteiger partial charge in [0.05, 0.1) is 5.75 Å². The Morgan fingerprint density at radius 3 is 2.25 bits per heavy atom. The van der Waals surface area contributed by atoms with Crippen molar-refractivity contribution < 1.29 is 13.2 Å². The van der Waals surface area contributed by atoms with Gasteiger partial charge in [-0.2, -0.15) is 0 Å². The van der Waals surface area contributed by atoms with Crippen molar-refractivity contribution >= 4 is 15.9 Å². The molecule has 6 heteroatoms. The number of sulfonamides is 1. The fourth-order valence-electron chi connectivity index (χ4n) is 2.43. The smallest absolute Gasteiger partial charge is 0.220 e. The molecule has 5 nitrogen and oxygen atoms in total. The first-order valence-electron chi connectivity index (χ1n) is 7.41. The first-order valence-corrected chi connectivity index (χ1v) is 9.02. The lowest BCUT2D eigenvalue weighted by Crippen LogP contribution is -2.47. The highest BCUT2D eigenvalue weighted by molar-refractivity contribution is 7.89. The normalized spacial score (nSPS) is 19.0. The van der Waals surface area contributed by atoms with Crippen LogP contribution in [0.4, 0.5) is 0 Å². The molecule has 20 heavy (non-hydrogen) atoms. The van der Waals surface area contributed by atoms with E-state index in [0.717, 1.165) is 0 Å². The Bertz CT molecular complexity index is 418. The van der Waals surface area contributed by atoms with Crippen LogP contribution in [0.1, 0.15) is 53.4 Å². The highest BCUT2D eigenvalue weighted by Gasteiger charge is 2.28. The molecule has 0 bridgehead atoms. The summed E-state index contributed by atoms with van der Waals surface area (Å²) in [5, 5.41) is 3.02. The Labute approximate surface area is 123 Å². The number of nitrogens with zero attached hydrogens (tertiary/aromatic N) is 1. The van der Waals surface area contributed by atoms with Crippen molar-refractivity contribution in [1.82, 2.24) is 9.62 Å². The van der Waals surface area contributed by atoms with Gasteiger partial charge in [0.15, 0.2) is 0 Å². The van der Waals surface area contributed by atoms with Crippen LogP contribution >= 0.6 is 0 Å². The summed E-state index contributed by atoms with van der Waals surface area (Å²) in [6.07, 6.45) is 2.56. The van der Waals surface area contributed by atoms with E-state index >= 15 is 0 Å².